The van der Waals surface area contributed by atoms with Crippen LogP contribution in [-0.2, 0) is 21.4 Å². The van der Waals surface area contributed by atoms with Gasteiger partial charge in [-0.05, 0) is 38.0 Å². The average molecular weight is 378 g/mol. The van der Waals surface area contributed by atoms with E-state index in [9.17, 15) is 13.2 Å². The third kappa shape index (κ3) is 6.05. The first kappa shape index (κ1) is 22.9. The van der Waals surface area contributed by atoms with Crippen molar-refractivity contribution in [1.29, 1.82) is 0 Å². The molecule has 1 atom stereocenters. The first-order chi connectivity index (χ1) is 10.7. The maximum absolute atomic E-state index is 12.4. The summed E-state index contributed by atoms with van der Waals surface area (Å²) in [6.07, 6.45) is 1.50. The van der Waals surface area contributed by atoms with Crippen LogP contribution in [0.15, 0.2) is 29.2 Å². The van der Waals surface area contributed by atoms with Crippen molar-refractivity contribution in [2.24, 2.45) is 5.73 Å². The standard InChI is InChI=1S/C16H27N3O3S.ClH/c1-5-6-15(17)16(20)18-11-13-7-9-14(10-8-13)23(21,22)19(4)12(2)3;/h7-10,12,15H,5-6,11,17H2,1-4H3,(H,18,20);1H. The molecule has 8 heteroatoms. The molecule has 0 aliphatic heterocycles. The lowest BCUT2D eigenvalue weighted by molar-refractivity contribution is -0.122. The summed E-state index contributed by atoms with van der Waals surface area (Å²) in [4.78, 5) is 12.0. The van der Waals surface area contributed by atoms with Crippen molar-refractivity contribution in [2.75, 3.05) is 7.05 Å². The van der Waals surface area contributed by atoms with Crippen LogP contribution in [0.3, 0.4) is 0 Å². The Labute approximate surface area is 151 Å². The maximum Gasteiger partial charge on any atom is 0.243 e. The van der Waals surface area contributed by atoms with Crippen molar-refractivity contribution in [3.05, 3.63) is 29.8 Å². The number of sulfonamides is 1. The van der Waals surface area contributed by atoms with Gasteiger partial charge in [0.25, 0.3) is 0 Å². The molecule has 0 spiro atoms. The fourth-order valence-electron chi connectivity index (χ4n) is 1.99. The minimum atomic E-state index is -3.48. The first-order valence-corrected chi connectivity index (χ1v) is 9.24. The van der Waals surface area contributed by atoms with Crippen molar-refractivity contribution < 1.29 is 13.2 Å². The number of hydrogen-bond acceptors (Lipinski definition) is 4. The molecule has 6 nitrogen and oxygen atoms in total. The molecule has 1 amide bonds. The summed E-state index contributed by atoms with van der Waals surface area (Å²) in [5.41, 5.74) is 6.56. The molecule has 0 bridgehead atoms. The largest absolute Gasteiger partial charge is 0.351 e. The fraction of sp³-hybridized carbons (Fsp3) is 0.562. The van der Waals surface area contributed by atoms with E-state index < -0.39 is 16.1 Å². The lowest BCUT2D eigenvalue weighted by atomic mass is 10.1. The van der Waals surface area contributed by atoms with Crippen LogP contribution in [0.1, 0.15) is 39.2 Å². The van der Waals surface area contributed by atoms with Gasteiger partial charge in [-0.3, -0.25) is 4.79 Å². The summed E-state index contributed by atoms with van der Waals surface area (Å²) in [6.45, 7) is 5.94. The van der Waals surface area contributed by atoms with Gasteiger partial charge < -0.3 is 11.1 Å². The summed E-state index contributed by atoms with van der Waals surface area (Å²) in [6, 6.07) is 5.90. The molecule has 1 aromatic rings. The molecule has 0 heterocycles. The minimum absolute atomic E-state index is 0. The van der Waals surface area contributed by atoms with Gasteiger partial charge in [-0.2, -0.15) is 4.31 Å². The predicted octanol–water partition coefficient (Wildman–Crippen LogP) is 1.88. The molecule has 0 radical (unpaired) electrons. The van der Waals surface area contributed by atoms with Crippen LogP contribution in [0.25, 0.3) is 0 Å². The van der Waals surface area contributed by atoms with E-state index in [1.54, 1.807) is 31.3 Å². The van der Waals surface area contributed by atoms with Gasteiger partial charge in [0.15, 0.2) is 0 Å². The van der Waals surface area contributed by atoms with Gasteiger partial charge in [0.2, 0.25) is 15.9 Å². The van der Waals surface area contributed by atoms with Crippen molar-refractivity contribution in [2.45, 2.75) is 57.1 Å². The minimum Gasteiger partial charge on any atom is -0.351 e. The zero-order chi connectivity index (χ0) is 17.6. The molecule has 138 valence electrons. The Hall–Kier alpha value is -1.15. The Kier molecular flexibility index (Phi) is 9.50. The molecule has 1 unspecified atom stereocenters. The number of carbonyl (C=O) groups is 1. The molecule has 1 aromatic carbocycles. The molecular weight excluding hydrogens is 350 g/mol. The van der Waals surface area contributed by atoms with E-state index in [0.717, 1.165) is 12.0 Å². The van der Waals surface area contributed by atoms with Gasteiger partial charge in [-0.25, -0.2) is 8.42 Å². The summed E-state index contributed by atoms with van der Waals surface area (Å²) < 4.78 is 26.0. The number of halogens is 1. The molecule has 0 fully saturated rings. The van der Waals surface area contributed by atoms with E-state index in [0.29, 0.717) is 13.0 Å². The quantitative estimate of drug-likeness (QED) is 0.723. The number of benzene rings is 1. The van der Waals surface area contributed by atoms with Gasteiger partial charge in [0.05, 0.1) is 10.9 Å². The number of nitrogens with two attached hydrogens (primary N) is 1. The number of carbonyl (C=O) groups excluding carboxylic acids is 1. The highest BCUT2D eigenvalue weighted by atomic mass is 35.5. The molecule has 0 saturated heterocycles. The average Bonchev–Trinajstić information content (AvgIpc) is 2.52. The van der Waals surface area contributed by atoms with Crippen LogP contribution in [0, 0.1) is 0 Å². The van der Waals surface area contributed by atoms with Gasteiger partial charge in [-0.1, -0.05) is 25.5 Å². The van der Waals surface area contributed by atoms with E-state index in [4.69, 9.17) is 5.73 Å². The molecule has 0 aliphatic rings. The lowest BCUT2D eigenvalue weighted by Gasteiger charge is -2.21. The summed E-state index contributed by atoms with van der Waals surface area (Å²) in [5.74, 6) is -0.192. The third-order valence-corrected chi connectivity index (χ3v) is 5.78. The van der Waals surface area contributed by atoms with Crippen LogP contribution < -0.4 is 11.1 Å². The highest BCUT2D eigenvalue weighted by molar-refractivity contribution is 7.89. The van der Waals surface area contributed by atoms with Gasteiger partial charge in [0, 0.05) is 19.6 Å². The normalized spacial score (nSPS) is 12.8. The monoisotopic (exact) mass is 377 g/mol. The Morgan fingerprint density at radius 2 is 1.79 bits per heavy atom. The van der Waals surface area contributed by atoms with Crippen molar-refractivity contribution in [3.63, 3.8) is 0 Å². The second kappa shape index (κ2) is 9.98. The number of hydrogen-bond donors (Lipinski definition) is 2. The molecule has 3 N–H and O–H groups in total. The van der Waals surface area contributed by atoms with E-state index in [1.165, 1.54) is 4.31 Å². The van der Waals surface area contributed by atoms with Gasteiger partial charge in [-0.15, -0.1) is 12.4 Å². The predicted molar refractivity (Wildman–Crippen MR) is 98.5 cm³/mol. The van der Waals surface area contributed by atoms with Crippen molar-refractivity contribution in [3.8, 4) is 0 Å². The number of nitrogens with one attached hydrogen (secondary N) is 1. The molecule has 0 aromatic heterocycles. The van der Waals surface area contributed by atoms with E-state index in [2.05, 4.69) is 5.32 Å². The van der Waals surface area contributed by atoms with Crippen molar-refractivity contribution in [1.82, 2.24) is 9.62 Å². The summed E-state index contributed by atoms with van der Waals surface area (Å²) in [7, 11) is -1.92. The van der Waals surface area contributed by atoms with Gasteiger partial charge in [0.1, 0.15) is 0 Å². The summed E-state index contributed by atoms with van der Waals surface area (Å²) in [5, 5.41) is 2.76. The second-order valence-corrected chi connectivity index (χ2v) is 7.87. The van der Waals surface area contributed by atoms with Crippen LogP contribution in [0.4, 0.5) is 0 Å². The van der Waals surface area contributed by atoms with Crippen LogP contribution in [-0.4, -0.2) is 37.8 Å². The number of nitrogens with zero attached hydrogens (tertiary/aromatic N) is 1. The van der Waals surface area contributed by atoms with Crippen LogP contribution in [0.5, 0.6) is 0 Å². The van der Waals surface area contributed by atoms with Crippen LogP contribution in [0.2, 0.25) is 0 Å². The Morgan fingerprint density at radius 1 is 1.25 bits per heavy atom. The molecule has 24 heavy (non-hydrogen) atoms. The Bertz CT molecular complexity index is 618. The molecule has 0 saturated carbocycles. The van der Waals surface area contributed by atoms with E-state index in [1.807, 2.05) is 20.8 Å². The van der Waals surface area contributed by atoms with Crippen LogP contribution >= 0.6 is 12.4 Å². The second-order valence-electron chi connectivity index (χ2n) is 5.87. The number of rotatable bonds is 8. The Morgan fingerprint density at radius 3 is 2.25 bits per heavy atom. The summed E-state index contributed by atoms with van der Waals surface area (Å²) >= 11 is 0. The highest BCUT2D eigenvalue weighted by Gasteiger charge is 2.22. The number of amides is 1. The SMILES string of the molecule is CCCC(N)C(=O)NCc1ccc(S(=O)(=O)N(C)C(C)C)cc1.Cl. The fourth-order valence-corrected chi connectivity index (χ4v) is 3.35. The van der Waals surface area contributed by atoms with E-state index >= 15 is 0 Å². The zero-order valence-electron chi connectivity index (χ0n) is 14.7. The van der Waals surface area contributed by atoms with E-state index in [-0.39, 0.29) is 29.3 Å². The maximum atomic E-state index is 12.4. The smallest absolute Gasteiger partial charge is 0.243 e. The third-order valence-electron chi connectivity index (χ3n) is 3.73. The topological polar surface area (TPSA) is 92.5 Å². The van der Waals surface area contributed by atoms with Crippen molar-refractivity contribution >= 4 is 28.3 Å². The highest BCUT2D eigenvalue weighted by Crippen LogP contribution is 2.17. The molecule has 0 aliphatic carbocycles. The molecule has 1 rings (SSSR count). The zero-order valence-corrected chi connectivity index (χ0v) is 16.3. The lowest BCUT2D eigenvalue weighted by Crippen LogP contribution is -2.40. The first-order valence-electron chi connectivity index (χ1n) is 7.80. The Balaban J connectivity index is 0.00000529. The molecular formula is C16H28ClN3O3S. The van der Waals surface area contributed by atoms with Gasteiger partial charge >= 0.3 is 0 Å².